The number of rotatable bonds is 8. The molecule has 1 saturated carbocycles. The molecule has 0 radical (unpaired) electrons. The maximum absolute atomic E-state index is 5.25. The molecule has 0 bridgehead atoms. The Labute approximate surface area is 129 Å². The van der Waals surface area contributed by atoms with Crippen LogP contribution in [0.25, 0.3) is 0 Å². The lowest BCUT2D eigenvalue weighted by Gasteiger charge is -2.42. The van der Waals surface area contributed by atoms with Crippen molar-refractivity contribution in [2.24, 2.45) is 10.4 Å². The Balaban J connectivity index is 1.67. The zero-order chi connectivity index (χ0) is 15.0. The van der Waals surface area contributed by atoms with Gasteiger partial charge in [-0.05, 0) is 50.4 Å². The third kappa shape index (κ3) is 5.03. The highest BCUT2D eigenvalue weighted by atomic mass is 16.5. The van der Waals surface area contributed by atoms with Gasteiger partial charge in [-0.1, -0.05) is 18.1 Å². The summed E-state index contributed by atoms with van der Waals surface area (Å²) in [4.78, 5) is 4.34. The highest BCUT2D eigenvalue weighted by Gasteiger charge is 2.36. The Morgan fingerprint density at radius 2 is 2.19 bits per heavy atom. The smallest absolute Gasteiger partial charge is 0.191 e. The van der Waals surface area contributed by atoms with Crippen molar-refractivity contribution in [3.8, 4) is 0 Å². The Morgan fingerprint density at radius 3 is 2.76 bits per heavy atom. The van der Waals surface area contributed by atoms with Crippen LogP contribution in [0.15, 0.2) is 16.6 Å². The quantitative estimate of drug-likeness (QED) is 0.411. The van der Waals surface area contributed by atoms with Crippen molar-refractivity contribution >= 4 is 5.96 Å². The van der Waals surface area contributed by atoms with Gasteiger partial charge < -0.3 is 15.4 Å². The minimum atomic E-state index is 0.432. The van der Waals surface area contributed by atoms with E-state index >= 15 is 0 Å². The van der Waals surface area contributed by atoms with Crippen LogP contribution in [0.3, 0.4) is 0 Å². The van der Waals surface area contributed by atoms with E-state index in [1.165, 1.54) is 38.5 Å². The zero-order valence-corrected chi connectivity index (χ0v) is 13.7. The van der Waals surface area contributed by atoms with Gasteiger partial charge in [-0.3, -0.25) is 4.99 Å². The largest absolute Gasteiger partial charge is 0.385 e. The molecule has 2 rings (SSSR count). The van der Waals surface area contributed by atoms with E-state index in [-0.39, 0.29) is 0 Å². The van der Waals surface area contributed by atoms with E-state index in [0.717, 1.165) is 38.5 Å². The molecule has 0 aliphatic heterocycles. The minimum absolute atomic E-state index is 0.432. The molecule has 0 aromatic heterocycles. The highest BCUT2D eigenvalue weighted by Crippen LogP contribution is 2.43. The molecule has 0 unspecified atom stereocenters. The number of guanidine groups is 1. The number of hydrogen-bond donors (Lipinski definition) is 2. The van der Waals surface area contributed by atoms with Crippen LogP contribution in [0.1, 0.15) is 51.4 Å². The van der Waals surface area contributed by atoms with E-state index in [1.54, 1.807) is 12.7 Å². The highest BCUT2D eigenvalue weighted by molar-refractivity contribution is 5.79. The third-order valence-electron chi connectivity index (χ3n) is 4.98. The molecule has 1 fully saturated rings. The number of hydrogen-bond acceptors (Lipinski definition) is 2. The van der Waals surface area contributed by atoms with Gasteiger partial charge in [-0.25, -0.2) is 0 Å². The fraction of sp³-hybridized carbons (Fsp3) is 0.824. The maximum Gasteiger partial charge on any atom is 0.191 e. The summed E-state index contributed by atoms with van der Waals surface area (Å²) in [6.45, 7) is 2.86. The lowest BCUT2D eigenvalue weighted by molar-refractivity contribution is 0.0732. The molecule has 0 spiro atoms. The van der Waals surface area contributed by atoms with E-state index < -0.39 is 0 Å². The average Bonchev–Trinajstić information content (AvgIpc) is 2.97. The molecule has 0 saturated heterocycles. The van der Waals surface area contributed by atoms with Gasteiger partial charge in [0, 0.05) is 33.9 Å². The van der Waals surface area contributed by atoms with Crippen LogP contribution in [-0.2, 0) is 4.74 Å². The number of nitrogens with zero attached hydrogens (tertiary/aromatic N) is 1. The second kappa shape index (κ2) is 8.42. The summed E-state index contributed by atoms with van der Waals surface area (Å²) in [5.74, 6) is 0.942. The van der Waals surface area contributed by atoms with Crippen molar-refractivity contribution in [1.29, 1.82) is 0 Å². The monoisotopic (exact) mass is 293 g/mol. The topological polar surface area (TPSA) is 45.7 Å². The van der Waals surface area contributed by atoms with Gasteiger partial charge in [0.25, 0.3) is 0 Å². The lowest BCUT2D eigenvalue weighted by Crippen LogP contribution is -2.47. The van der Waals surface area contributed by atoms with Crippen LogP contribution in [-0.4, -0.2) is 39.8 Å². The van der Waals surface area contributed by atoms with Crippen LogP contribution in [0, 0.1) is 5.41 Å². The molecule has 2 aliphatic rings. The van der Waals surface area contributed by atoms with Gasteiger partial charge in [0.2, 0.25) is 0 Å². The molecule has 2 N–H and O–H groups in total. The summed E-state index contributed by atoms with van der Waals surface area (Å²) in [6, 6.07) is 0. The van der Waals surface area contributed by atoms with Crippen molar-refractivity contribution in [2.75, 3.05) is 33.9 Å². The number of ether oxygens (including phenoxy) is 1. The molecule has 4 heteroatoms. The van der Waals surface area contributed by atoms with Gasteiger partial charge in [0.1, 0.15) is 0 Å². The van der Waals surface area contributed by atoms with Gasteiger partial charge in [-0.15, -0.1) is 0 Å². The number of allylic oxidation sites excluding steroid dienone is 1. The van der Waals surface area contributed by atoms with Crippen LogP contribution in [0.4, 0.5) is 0 Å². The Hall–Kier alpha value is -1.03. The van der Waals surface area contributed by atoms with Gasteiger partial charge in [-0.2, -0.15) is 0 Å². The molecular weight excluding hydrogens is 262 g/mol. The molecule has 0 aromatic rings. The van der Waals surface area contributed by atoms with E-state index in [1.807, 2.05) is 7.05 Å². The fourth-order valence-electron chi connectivity index (χ4n) is 3.31. The first kappa shape index (κ1) is 16.3. The predicted molar refractivity (Wildman–Crippen MR) is 88.7 cm³/mol. The summed E-state index contributed by atoms with van der Waals surface area (Å²) in [5.41, 5.74) is 2.04. The molecule has 0 atom stereocenters. The van der Waals surface area contributed by atoms with Crippen molar-refractivity contribution in [3.05, 3.63) is 11.6 Å². The molecular formula is C17H31N3O. The third-order valence-corrected chi connectivity index (χ3v) is 4.98. The van der Waals surface area contributed by atoms with Crippen LogP contribution < -0.4 is 10.6 Å². The van der Waals surface area contributed by atoms with Crippen LogP contribution in [0.5, 0.6) is 0 Å². The molecule has 2 aliphatic carbocycles. The van der Waals surface area contributed by atoms with E-state index in [0.29, 0.717) is 5.41 Å². The van der Waals surface area contributed by atoms with Crippen molar-refractivity contribution in [2.45, 2.75) is 51.4 Å². The fourth-order valence-corrected chi connectivity index (χ4v) is 3.31. The SMILES string of the molecule is CN=C(NCCC1=CCCC1)NCC1(CCOC)CCC1. The van der Waals surface area contributed by atoms with E-state index in [4.69, 9.17) is 4.74 Å². The molecule has 4 nitrogen and oxygen atoms in total. The second-order valence-corrected chi connectivity index (χ2v) is 6.45. The van der Waals surface area contributed by atoms with Gasteiger partial charge in [0.05, 0.1) is 0 Å². The van der Waals surface area contributed by atoms with Crippen LogP contribution in [0.2, 0.25) is 0 Å². The first-order valence-electron chi connectivity index (χ1n) is 8.39. The van der Waals surface area contributed by atoms with Crippen LogP contribution >= 0.6 is 0 Å². The summed E-state index contributed by atoms with van der Waals surface area (Å²) in [7, 11) is 3.64. The Morgan fingerprint density at radius 1 is 1.33 bits per heavy atom. The minimum Gasteiger partial charge on any atom is -0.385 e. The average molecular weight is 293 g/mol. The van der Waals surface area contributed by atoms with E-state index in [9.17, 15) is 0 Å². The predicted octanol–water partition coefficient (Wildman–Crippen LogP) is 2.86. The summed E-state index contributed by atoms with van der Waals surface area (Å²) in [6.07, 6.45) is 12.6. The first-order valence-corrected chi connectivity index (χ1v) is 8.39. The number of nitrogens with one attached hydrogen (secondary N) is 2. The van der Waals surface area contributed by atoms with Crippen molar-refractivity contribution in [1.82, 2.24) is 10.6 Å². The van der Waals surface area contributed by atoms with Crippen molar-refractivity contribution in [3.63, 3.8) is 0 Å². The summed E-state index contributed by atoms with van der Waals surface area (Å²) in [5, 5.41) is 6.95. The standard InChI is InChI=1S/C17H31N3O/c1-18-16(19-12-8-15-6-3-4-7-15)20-14-17(9-5-10-17)11-13-21-2/h6H,3-5,7-14H2,1-2H3,(H2,18,19,20). The van der Waals surface area contributed by atoms with Gasteiger partial charge >= 0.3 is 0 Å². The van der Waals surface area contributed by atoms with Gasteiger partial charge in [0.15, 0.2) is 5.96 Å². The summed E-state index contributed by atoms with van der Waals surface area (Å²) >= 11 is 0. The zero-order valence-electron chi connectivity index (χ0n) is 13.7. The van der Waals surface area contributed by atoms with Crippen molar-refractivity contribution < 1.29 is 4.74 Å². The van der Waals surface area contributed by atoms with E-state index in [2.05, 4.69) is 21.7 Å². The lowest BCUT2D eigenvalue weighted by atomic mass is 9.67. The molecule has 21 heavy (non-hydrogen) atoms. The molecule has 0 heterocycles. The number of aliphatic imine (C=N–C) groups is 1. The number of methoxy groups -OCH3 is 1. The first-order chi connectivity index (χ1) is 10.3. The second-order valence-electron chi connectivity index (χ2n) is 6.45. The maximum atomic E-state index is 5.25. The molecule has 0 amide bonds. The molecule has 120 valence electrons. The Kier molecular flexibility index (Phi) is 6.55. The normalized spacial score (nSPS) is 20.9. The summed E-state index contributed by atoms with van der Waals surface area (Å²) < 4.78 is 5.25. The Bertz CT molecular complexity index is 372. The molecule has 0 aromatic carbocycles.